The number of aliphatic hydroxyl groups excluding tert-OH is 1. The molecule has 1 aromatic carbocycles. The molecule has 6 heteroatoms. The van der Waals surface area contributed by atoms with Gasteiger partial charge in [-0.3, -0.25) is 4.98 Å². The third-order valence-electron chi connectivity index (χ3n) is 6.66. The number of aliphatic hydroxyl groups is 1. The molecule has 1 aliphatic heterocycles. The summed E-state index contributed by atoms with van der Waals surface area (Å²) in [4.78, 5) is 10.6. The third kappa shape index (κ3) is 3.74. The van der Waals surface area contributed by atoms with Crippen molar-refractivity contribution in [1.82, 2.24) is 14.9 Å². The number of pyridine rings is 1. The highest BCUT2D eigenvalue weighted by molar-refractivity contribution is 6.09. The topological polar surface area (TPSA) is 70.6 Å². The van der Waals surface area contributed by atoms with E-state index >= 15 is 0 Å². The lowest BCUT2D eigenvalue weighted by molar-refractivity contribution is 0.0747. The molecule has 0 spiro atoms. The highest BCUT2D eigenvalue weighted by Gasteiger charge is 2.23. The Bertz CT molecular complexity index is 1020. The van der Waals surface area contributed by atoms with E-state index < -0.39 is 6.10 Å². The Hall–Kier alpha value is -2.31. The van der Waals surface area contributed by atoms with Crippen LogP contribution in [0.4, 0.5) is 0 Å². The van der Waals surface area contributed by atoms with Crippen molar-refractivity contribution in [2.24, 2.45) is 0 Å². The Morgan fingerprint density at radius 2 is 1.93 bits per heavy atom. The van der Waals surface area contributed by atoms with Crippen LogP contribution in [0.15, 0.2) is 24.4 Å². The van der Waals surface area contributed by atoms with Crippen LogP contribution in [0, 0.1) is 0 Å². The van der Waals surface area contributed by atoms with Crippen molar-refractivity contribution in [3.05, 3.63) is 30.1 Å². The fourth-order valence-corrected chi connectivity index (χ4v) is 5.16. The second-order valence-electron chi connectivity index (χ2n) is 8.75. The van der Waals surface area contributed by atoms with Crippen LogP contribution in [-0.2, 0) is 0 Å². The van der Waals surface area contributed by atoms with Gasteiger partial charge in [0.15, 0.2) is 11.5 Å². The number of ether oxygens (including phenoxy) is 2. The molecule has 0 radical (unpaired) electrons. The summed E-state index contributed by atoms with van der Waals surface area (Å²) in [7, 11) is 1.67. The van der Waals surface area contributed by atoms with E-state index in [9.17, 15) is 5.11 Å². The van der Waals surface area contributed by atoms with Gasteiger partial charge in [0, 0.05) is 41.0 Å². The number of H-pyrrole nitrogens is 1. The summed E-state index contributed by atoms with van der Waals surface area (Å²) in [5.74, 6) is 1.89. The van der Waals surface area contributed by atoms with E-state index in [2.05, 4.69) is 16.0 Å². The van der Waals surface area contributed by atoms with Gasteiger partial charge in [0.1, 0.15) is 12.7 Å². The molecule has 6 nitrogen and oxygen atoms in total. The van der Waals surface area contributed by atoms with Gasteiger partial charge >= 0.3 is 0 Å². The summed E-state index contributed by atoms with van der Waals surface area (Å²) in [6.45, 7) is 3.05. The van der Waals surface area contributed by atoms with Gasteiger partial charge in [0.25, 0.3) is 0 Å². The highest BCUT2D eigenvalue weighted by Crippen LogP contribution is 2.41. The summed E-state index contributed by atoms with van der Waals surface area (Å²) in [6, 6.07) is 6.09. The van der Waals surface area contributed by atoms with Gasteiger partial charge in [0.05, 0.1) is 18.3 Å². The quantitative estimate of drug-likeness (QED) is 0.611. The molecule has 5 rings (SSSR count). The predicted octanol–water partition coefficient (Wildman–Crippen LogP) is 4.22. The maximum atomic E-state index is 10.4. The number of rotatable bonds is 7. The molecule has 2 N–H and O–H groups in total. The van der Waals surface area contributed by atoms with Gasteiger partial charge < -0.3 is 24.5 Å². The number of aromatic amines is 1. The van der Waals surface area contributed by atoms with Gasteiger partial charge in [-0.2, -0.15) is 0 Å². The highest BCUT2D eigenvalue weighted by atomic mass is 16.5. The minimum Gasteiger partial charge on any atom is -0.493 e. The van der Waals surface area contributed by atoms with E-state index in [0.717, 1.165) is 29.5 Å². The van der Waals surface area contributed by atoms with Gasteiger partial charge in [-0.15, -0.1) is 0 Å². The third-order valence-corrected chi connectivity index (χ3v) is 6.66. The van der Waals surface area contributed by atoms with Crippen LogP contribution >= 0.6 is 0 Å². The van der Waals surface area contributed by atoms with Gasteiger partial charge in [-0.25, -0.2) is 0 Å². The van der Waals surface area contributed by atoms with Crippen molar-refractivity contribution in [2.45, 2.75) is 50.5 Å². The minimum absolute atomic E-state index is 0.257. The summed E-state index contributed by atoms with van der Waals surface area (Å²) in [5.41, 5.74) is 3.32. The number of fused-ring (bicyclic) bond motifs is 3. The lowest BCUT2D eigenvalue weighted by Crippen LogP contribution is -2.33. The molecule has 2 fully saturated rings. The maximum Gasteiger partial charge on any atom is 0.163 e. The fraction of sp³-hybridized carbons (Fsp3) is 0.542. The van der Waals surface area contributed by atoms with Crippen molar-refractivity contribution in [1.29, 1.82) is 0 Å². The van der Waals surface area contributed by atoms with Crippen molar-refractivity contribution < 1.29 is 14.6 Å². The van der Waals surface area contributed by atoms with E-state index in [1.165, 1.54) is 49.6 Å². The van der Waals surface area contributed by atoms with E-state index in [-0.39, 0.29) is 6.61 Å². The molecule has 1 atom stereocenters. The average Bonchev–Trinajstić information content (AvgIpc) is 3.51. The van der Waals surface area contributed by atoms with E-state index in [1.807, 2.05) is 18.3 Å². The normalized spacial score (nSPS) is 19.1. The molecule has 0 bridgehead atoms. The largest absolute Gasteiger partial charge is 0.493 e. The average molecular weight is 410 g/mol. The Morgan fingerprint density at radius 1 is 1.13 bits per heavy atom. The van der Waals surface area contributed by atoms with Crippen LogP contribution < -0.4 is 9.47 Å². The maximum absolute atomic E-state index is 10.4. The van der Waals surface area contributed by atoms with Crippen LogP contribution in [0.2, 0.25) is 0 Å². The van der Waals surface area contributed by atoms with Crippen LogP contribution in [0.5, 0.6) is 11.5 Å². The monoisotopic (exact) mass is 409 g/mol. The Balaban J connectivity index is 1.43. The number of hydrogen-bond donors (Lipinski definition) is 2. The SMILES string of the molecule is COc1cc2c(cc1OCC(O)CN1CCCC1)[nH]c1ccnc(C3CCCC3)c12. The molecule has 1 unspecified atom stereocenters. The first kappa shape index (κ1) is 19.6. The first-order valence-electron chi connectivity index (χ1n) is 11.2. The molecule has 1 saturated heterocycles. The first-order chi connectivity index (χ1) is 14.7. The van der Waals surface area contributed by atoms with E-state index in [1.54, 1.807) is 7.11 Å². The lowest BCUT2D eigenvalue weighted by atomic mass is 9.98. The number of nitrogens with zero attached hydrogens (tertiary/aromatic N) is 2. The van der Waals surface area contributed by atoms with Crippen molar-refractivity contribution in [3.8, 4) is 11.5 Å². The zero-order valence-corrected chi connectivity index (χ0v) is 17.7. The number of nitrogens with one attached hydrogen (secondary N) is 1. The Kier molecular flexibility index (Phi) is 5.52. The summed E-state index contributed by atoms with van der Waals surface area (Å²) >= 11 is 0. The number of benzene rings is 1. The molecule has 1 saturated carbocycles. The van der Waals surface area contributed by atoms with Crippen molar-refractivity contribution in [2.75, 3.05) is 33.4 Å². The first-order valence-corrected chi connectivity index (χ1v) is 11.2. The Morgan fingerprint density at radius 3 is 2.70 bits per heavy atom. The van der Waals surface area contributed by atoms with Crippen LogP contribution in [-0.4, -0.2) is 59.4 Å². The Labute approximate surface area is 177 Å². The smallest absolute Gasteiger partial charge is 0.163 e. The predicted molar refractivity (Wildman–Crippen MR) is 119 cm³/mol. The van der Waals surface area contributed by atoms with Crippen molar-refractivity contribution >= 4 is 21.8 Å². The van der Waals surface area contributed by atoms with Crippen LogP contribution in [0.1, 0.15) is 50.1 Å². The fourth-order valence-electron chi connectivity index (χ4n) is 5.16. The minimum atomic E-state index is -0.510. The van der Waals surface area contributed by atoms with Crippen LogP contribution in [0.3, 0.4) is 0 Å². The molecular formula is C24H31N3O3. The molecule has 3 heterocycles. The summed E-state index contributed by atoms with van der Waals surface area (Å²) < 4.78 is 11.6. The van der Waals surface area contributed by atoms with Gasteiger partial charge in [-0.1, -0.05) is 12.8 Å². The summed E-state index contributed by atoms with van der Waals surface area (Å²) in [6.07, 6.45) is 8.83. The molecule has 0 amide bonds. The molecular weight excluding hydrogens is 378 g/mol. The molecule has 2 aliphatic rings. The molecule has 160 valence electrons. The van der Waals surface area contributed by atoms with Gasteiger partial charge in [-0.05, 0) is 50.9 Å². The molecule has 3 aromatic rings. The zero-order chi connectivity index (χ0) is 20.5. The number of methoxy groups -OCH3 is 1. The summed E-state index contributed by atoms with van der Waals surface area (Å²) in [5, 5.41) is 12.7. The molecule has 30 heavy (non-hydrogen) atoms. The second-order valence-corrected chi connectivity index (χ2v) is 8.75. The zero-order valence-electron chi connectivity index (χ0n) is 17.7. The second kappa shape index (κ2) is 8.44. The number of β-amino-alcohol motifs (C(OH)–C–C–N with tert-alkyl or cyclic N) is 1. The number of aromatic nitrogens is 2. The molecule has 1 aliphatic carbocycles. The van der Waals surface area contributed by atoms with E-state index in [4.69, 9.17) is 14.5 Å². The van der Waals surface area contributed by atoms with Gasteiger partial charge in [0.2, 0.25) is 0 Å². The van der Waals surface area contributed by atoms with Crippen LogP contribution in [0.25, 0.3) is 21.8 Å². The van der Waals surface area contributed by atoms with E-state index in [0.29, 0.717) is 24.0 Å². The van der Waals surface area contributed by atoms with Crippen molar-refractivity contribution in [3.63, 3.8) is 0 Å². The number of hydrogen-bond acceptors (Lipinski definition) is 5. The number of likely N-dealkylation sites (tertiary alicyclic amines) is 1. The molecule has 2 aromatic heterocycles. The lowest BCUT2D eigenvalue weighted by Gasteiger charge is -2.20. The standard InChI is InChI=1S/C24H31N3O3/c1-29-21-12-18-20(13-22(21)30-15-17(28)14-27-10-4-5-11-27)26-19-8-9-25-24(23(18)19)16-6-2-3-7-16/h8-9,12-13,16-17,26,28H,2-7,10-11,14-15H2,1H3.